The van der Waals surface area contributed by atoms with Crippen LogP contribution in [0.3, 0.4) is 0 Å². The third-order valence-electron chi connectivity index (χ3n) is 2.76. The Morgan fingerprint density at radius 2 is 2.18 bits per heavy atom. The Balaban J connectivity index is 2.31. The first kappa shape index (κ1) is 13.5. The van der Waals surface area contributed by atoms with E-state index in [0.29, 0.717) is 26.5 Å². The maximum absolute atomic E-state index is 12.1. The van der Waals surface area contributed by atoms with Gasteiger partial charge in [0.05, 0.1) is 19.4 Å². The van der Waals surface area contributed by atoms with E-state index in [1.54, 1.807) is 0 Å². The molecule has 94 valence electrons. The van der Waals surface area contributed by atoms with Gasteiger partial charge < -0.3 is 0 Å². The molecular weight excluding hydrogens is 348 g/mol. The van der Waals surface area contributed by atoms with E-state index in [4.69, 9.17) is 11.6 Å². The SMILES string of the molecule is O=C(c1cc(Cl)c(Br)s1)C1CCCCS1(=O)=O. The van der Waals surface area contributed by atoms with Gasteiger partial charge in [0.15, 0.2) is 15.6 Å². The predicted molar refractivity (Wildman–Crippen MR) is 72.8 cm³/mol. The number of carbonyl (C=O) groups is 1. The molecule has 0 spiro atoms. The zero-order chi connectivity index (χ0) is 12.6. The molecule has 0 aromatic carbocycles. The fourth-order valence-corrected chi connectivity index (χ4v) is 5.52. The monoisotopic (exact) mass is 356 g/mol. The smallest absolute Gasteiger partial charge is 0.190 e. The van der Waals surface area contributed by atoms with Crippen molar-refractivity contribution in [2.45, 2.75) is 24.5 Å². The molecule has 1 aromatic rings. The molecule has 0 saturated carbocycles. The summed E-state index contributed by atoms with van der Waals surface area (Å²) in [5.41, 5.74) is 0. The number of ketones is 1. The second-order valence-electron chi connectivity index (χ2n) is 3.95. The molecule has 7 heteroatoms. The second-order valence-corrected chi connectivity index (χ2v) is 9.03. The highest BCUT2D eigenvalue weighted by molar-refractivity contribution is 9.11. The molecule has 1 aromatic heterocycles. The highest BCUT2D eigenvalue weighted by Gasteiger charge is 2.36. The first-order valence-electron chi connectivity index (χ1n) is 5.12. The molecule has 1 unspecified atom stereocenters. The lowest BCUT2D eigenvalue weighted by Gasteiger charge is -2.20. The molecule has 0 amide bonds. The molecule has 1 saturated heterocycles. The van der Waals surface area contributed by atoms with Crippen LogP contribution in [0, 0.1) is 0 Å². The number of rotatable bonds is 2. The van der Waals surface area contributed by atoms with E-state index in [1.165, 1.54) is 17.4 Å². The van der Waals surface area contributed by atoms with E-state index in [1.807, 2.05) is 0 Å². The van der Waals surface area contributed by atoms with E-state index >= 15 is 0 Å². The molecule has 1 aliphatic rings. The van der Waals surface area contributed by atoms with Gasteiger partial charge in [-0.15, -0.1) is 11.3 Å². The largest absolute Gasteiger partial charge is 0.292 e. The number of sulfone groups is 1. The van der Waals surface area contributed by atoms with E-state index in [2.05, 4.69) is 15.9 Å². The van der Waals surface area contributed by atoms with Gasteiger partial charge in [-0.2, -0.15) is 0 Å². The Labute approximate surface area is 117 Å². The van der Waals surface area contributed by atoms with Crippen molar-refractivity contribution in [1.82, 2.24) is 0 Å². The molecule has 17 heavy (non-hydrogen) atoms. The fraction of sp³-hybridized carbons (Fsp3) is 0.500. The maximum atomic E-state index is 12.1. The topological polar surface area (TPSA) is 51.2 Å². The summed E-state index contributed by atoms with van der Waals surface area (Å²) in [4.78, 5) is 12.5. The van der Waals surface area contributed by atoms with Gasteiger partial charge in [-0.25, -0.2) is 8.42 Å². The van der Waals surface area contributed by atoms with Crippen molar-refractivity contribution in [3.8, 4) is 0 Å². The Morgan fingerprint density at radius 3 is 2.71 bits per heavy atom. The van der Waals surface area contributed by atoms with Crippen LogP contribution < -0.4 is 0 Å². The molecule has 0 bridgehead atoms. The van der Waals surface area contributed by atoms with E-state index < -0.39 is 15.1 Å². The average molecular weight is 358 g/mol. The molecular formula is C10H10BrClO3S2. The number of hydrogen-bond donors (Lipinski definition) is 0. The Bertz CT molecular complexity index is 530. The van der Waals surface area contributed by atoms with Gasteiger partial charge in [-0.3, -0.25) is 4.79 Å². The van der Waals surface area contributed by atoms with Crippen molar-refractivity contribution in [3.05, 3.63) is 19.8 Å². The van der Waals surface area contributed by atoms with Crippen LogP contribution in [0.4, 0.5) is 0 Å². The van der Waals surface area contributed by atoms with Crippen molar-refractivity contribution in [2.75, 3.05) is 5.75 Å². The Kier molecular flexibility index (Phi) is 3.97. The van der Waals surface area contributed by atoms with Crippen LogP contribution in [-0.2, 0) is 9.84 Å². The van der Waals surface area contributed by atoms with Crippen molar-refractivity contribution in [1.29, 1.82) is 0 Å². The predicted octanol–water partition coefficient (Wildman–Crippen LogP) is 3.31. The van der Waals surface area contributed by atoms with Crippen LogP contribution in [0.25, 0.3) is 0 Å². The van der Waals surface area contributed by atoms with E-state index in [-0.39, 0.29) is 11.5 Å². The maximum Gasteiger partial charge on any atom is 0.190 e. The third-order valence-corrected chi connectivity index (χ3v) is 7.42. The van der Waals surface area contributed by atoms with Gasteiger partial charge >= 0.3 is 0 Å². The Morgan fingerprint density at radius 1 is 1.47 bits per heavy atom. The summed E-state index contributed by atoms with van der Waals surface area (Å²) < 4.78 is 24.3. The minimum atomic E-state index is -3.28. The molecule has 2 rings (SSSR count). The highest BCUT2D eigenvalue weighted by atomic mass is 79.9. The molecule has 0 N–H and O–H groups in total. The summed E-state index contributed by atoms with van der Waals surface area (Å²) >= 11 is 10.3. The van der Waals surface area contributed by atoms with Gasteiger partial charge in [-0.05, 0) is 34.8 Å². The van der Waals surface area contributed by atoms with Gasteiger partial charge in [0.2, 0.25) is 0 Å². The number of hydrogen-bond acceptors (Lipinski definition) is 4. The van der Waals surface area contributed by atoms with Crippen LogP contribution in [0.1, 0.15) is 28.9 Å². The van der Waals surface area contributed by atoms with Crippen LogP contribution in [0.5, 0.6) is 0 Å². The summed E-state index contributed by atoms with van der Waals surface area (Å²) in [5.74, 6) is -0.203. The number of Topliss-reactive ketones (excluding diaryl/α,β-unsaturated/α-hetero) is 1. The van der Waals surface area contributed by atoms with E-state index in [0.717, 1.165) is 6.42 Å². The summed E-state index contributed by atoms with van der Waals surface area (Å²) in [6.45, 7) is 0. The number of halogens is 2. The lowest BCUT2D eigenvalue weighted by molar-refractivity contribution is 0.0985. The van der Waals surface area contributed by atoms with Gasteiger partial charge in [0.25, 0.3) is 0 Å². The number of thiophene rings is 1. The molecule has 1 fully saturated rings. The zero-order valence-corrected chi connectivity index (χ0v) is 12.8. The first-order valence-corrected chi connectivity index (χ1v) is 8.83. The third kappa shape index (κ3) is 2.75. The Hall–Kier alpha value is 0.0900. The highest BCUT2D eigenvalue weighted by Crippen LogP contribution is 2.34. The molecule has 3 nitrogen and oxygen atoms in total. The summed E-state index contributed by atoms with van der Waals surface area (Å²) in [6, 6.07) is 1.53. The van der Waals surface area contributed by atoms with E-state index in [9.17, 15) is 13.2 Å². The van der Waals surface area contributed by atoms with Crippen LogP contribution in [0.2, 0.25) is 5.02 Å². The van der Waals surface area contributed by atoms with Crippen LogP contribution in [0.15, 0.2) is 9.85 Å². The summed E-state index contributed by atoms with van der Waals surface area (Å²) in [7, 11) is -3.28. The quantitative estimate of drug-likeness (QED) is 0.763. The minimum absolute atomic E-state index is 0.115. The normalized spacial score (nSPS) is 23.5. The first-order chi connectivity index (χ1) is 7.92. The summed E-state index contributed by atoms with van der Waals surface area (Å²) in [5, 5.41) is -0.426. The van der Waals surface area contributed by atoms with Crippen molar-refractivity contribution >= 4 is 54.5 Å². The van der Waals surface area contributed by atoms with Crippen molar-refractivity contribution < 1.29 is 13.2 Å². The van der Waals surface area contributed by atoms with Gasteiger partial charge in [0.1, 0.15) is 5.25 Å². The lowest BCUT2D eigenvalue weighted by atomic mass is 10.1. The fourth-order valence-electron chi connectivity index (χ4n) is 1.88. The summed E-state index contributed by atoms with van der Waals surface area (Å²) in [6.07, 6.45) is 1.87. The van der Waals surface area contributed by atoms with Crippen LogP contribution >= 0.6 is 38.9 Å². The van der Waals surface area contributed by atoms with Crippen molar-refractivity contribution in [3.63, 3.8) is 0 Å². The molecule has 0 radical (unpaired) electrons. The van der Waals surface area contributed by atoms with Crippen molar-refractivity contribution in [2.24, 2.45) is 0 Å². The molecule has 2 heterocycles. The minimum Gasteiger partial charge on any atom is -0.292 e. The number of carbonyl (C=O) groups excluding carboxylic acids is 1. The molecule has 0 aliphatic carbocycles. The average Bonchev–Trinajstić information content (AvgIpc) is 2.58. The molecule has 1 aliphatic heterocycles. The zero-order valence-electron chi connectivity index (χ0n) is 8.78. The van der Waals surface area contributed by atoms with Crippen LogP contribution in [-0.4, -0.2) is 25.2 Å². The second kappa shape index (κ2) is 4.99. The lowest BCUT2D eigenvalue weighted by Crippen LogP contribution is -2.35. The van der Waals surface area contributed by atoms with Gasteiger partial charge in [-0.1, -0.05) is 18.0 Å². The molecule has 1 atom stereocenters. The van der Waals surface area contributed by atoms with Gasteiger partial charge in [0, 0.05) is 0 Å². The standard InChI is InChI=1S/C10H10BrClO3S2/c11-10-6(12)5-7(16-10)9(13)8-3-1-2-4-17(8,14)15/h5,8H,1-4H2.